The summed E-state index contributed by atoms with van der Waals surface area (Å²) in [5, 5.41) is 6.92. The molecular weight excluding hydrogens is 473 g/mol. The van der Waals surface area contributed by atoms with Crippen molar-refractivity contribution in [2.45, 2.75) is 6.61 Å². The number of halogens is 2. The van der Waals surface area contributed by atoms with Crippen molar-refractivity contribution in [1.82, 2.24) is 5.43 Å². The van der Waals surface area contributed by atoms with Gasteiger partial charge in [-0.25, -0.2) is 9.82 Å². The number of nitrogens with one attached hydrogen (secondary N) is 2. The van der Waals surface area contributed by atoms with Crippen LogP contribution in [0, 0.1) is 5.82 Å². The third kappa shape index (κ3) is 6.13. The van der Waals surface area contributed by atoms with E-state index in [0.717, 1.165) is 0 Å². The lowest BCUT2D eigenvalue weighted by Crippen LogP contribution is -2.21. The molecule has 0 spiro atoms. The molecule has 9 heteroatoms. The van der Waals surface area contributed by atoms with Crippen LogP contribution < -0.4 is 15.5 Å². The molecule has 35 heavy (non-hydrogen) atoms. The van der Waals surface area contributed by atoms with Crippen molar-refractivity contribution in [2.24, 2.45) is 5.10 Å². The number of hydrogen-bond donors (Lipinski definition) is 2. The Kier molecular flexibility index (Phi) is 7.54. The molecule has 0 saturated carbocycles. The highest BCUT2D eigenvalue weighted by atomic mass is 35.5. The van der Waals surface area contributed by atoms with Gasteiger partial charge in [-0.2, -0.15) is 5.10 Å². The average molecular weight is 492 g/mol. The Morgan fingerprint density at radius 3 is 2.51 bits per heavy atom. The fourth-order valence-electron chi connectivity index (χ4n) is 3.08. The molecule has 3 aromatic carbocycles. The number of rotatable bonds is 8. The number of hydrazone groups is 1. The summed E-state index contributed by atoms with van der Waals surface area (Å²) in [5.41, 5.74) is 3.97. The Hall–Kier alpha value is -4.43. The third-order valence-corrected chi connectivity index (χ3v) is 5.22. The van der Waals surface area contributed by atoms with Gasteiger partial charge in [-0.15, -0.1) is 0 Å². The molecule has 2 amide bonds. The minimum Gasteiger partial charge on any atom is -0.489 e. The van der Waals surface area contributed by atoms with Gasteiger partial charge in [0, 0.05) is 5.56 Å². The molecule has 2 N–H and O–H groups in total. The van der Waals surface area contributed by atoms with E-state index in [1.165, 1.54) is 30.7 Å². The zero-order valence-electron chi connectivity index (χ0n) is 18.2. The van der Waals surface area contributed by atoms with Crippen molar-refractivity contribution in [1.29, 1.82) is 0 Å². The van der Waals surface area contributed by atoms with Crippen molar-refractivity contribution < 1.29 is 23.1 Å². The van der Waals surface area contributed by atoms with Gasteiger partial charge in [0.2, 0.25) is 0 Å². The van der Waals surface area contributed by atoms with Crippen LogP contribution in [0.25, 0.3) is 0 Å². The molecule has 0 aliphatic rings. The normalized spacial score (nSPS) is 10.8. The van der Waals surface area contributed by atoms with Crippen LogP contribution in [0.4, 0.5) is 10.1 Å². The monoisotopic (exact) mass is 491 g/mol. The maximum Gasteiger partial charge on any atom is 0.291 e. The first kappa shape index (κ1) is 23.7. The summed E-state index contributed by atoms with van der Waals surface area (Å²) in [6, 6.07) is 21.0. The highest BCUT2D eigenvalue weighted by molar-refractivity contribution is 6.31. The van der Waals surface area contributed by atoms with E-state index >= 15 is 0 Å². The molecule has 0 atom stereocenters. The molecule has 0 fully saturated rings. The van der Waals surface area contributed by atoms with E-state index in [1.54, 1.807) is 60.7 Å². The number of carbonyl (C=O) groups is 2. The topological polar surface area (TPSA) is 92.9 Å². The zero-order chi connectivity index (χ0) is 24.6. The van der Waals surface area contributed by atoms with Crippen molar-refractivity contribution in [3.8, 4) is 5.75 Å². The third-order valence-electron chi connectivity index (χ3n) is 4.87. The van der Waals surface area contributed by atoms with Gasteiger partial charge in [0.1, 0.15) is 18.2 Å². The number of furan rings is 1. The Morgan fingerprint density at radius 2 is 1.77 bits per heavy atom. The van der Waals surface area contributed by atoms with Crippen molar-refractivity contribution in [3.05, 3.63) is 118 Å². The number of benzene rings is 3. The van der Waals surface area contributed by atoms with Crippen LogP contribution in [0.3, 0.4) is 0 Å². The molecule has 0 bridgehead atoms. The number of nitrogens with zero attached hydrogens (tertiary/aromatic N) is 1. The van der Waals surface area contributed by atoms with Gasteiger partial charge in [-0.1, -0.05) is 29.8 Å². The largest absolute Gasteiger partial charge is 0.489 e. The van der Waals surface area contributed by atoms with Crippen molar-refractivity contribution in [3.63, 3.8) is 0 Å². The average Bonchev–Trinajstić information content (AvgIpc) is 3.40. The second-order valence-corrected chi connectivity index (χ2v) is 7.64. The zero-order valence-corrected chi connectivity index (χ0v) is 19.0. The Bertz CT molecular complexity index is 1340. The maximum atomic E-state index is 13.9. The molecule has 7 nitrogen and oxygen atoms in total. The smallest absolute Gasteiger partial charge is 0.291 e. The van der Waals surface area contributed by atoms with Gasteiger partial charge < -0.3 is 14.5 Å². The van der Waals surface area contributed by atoms with E-state index in [9.17, 15) is 14.0 Å². The summed E-state index contributed by atoms with van der Waals surface area (Å²) in [7, 11) is 0. The number of amides is 2. The second kappa shape index (κ2) is 11.1. The molecule has 1 heterocycles. The fraction of sp³-hybridized carbons (Fsp3) is 0.0385. The van der Waals surface area contributed by atoms with E-state index < -0.39 is 17.6 Å². The number of anilines is 1. The lowest BCUT2D eigenvalue weighted by molar-refractivity contribution is 0.0956. The SMILES string of the molecule is O=C(Nc1ccccc1C(=O)N/N=C\c1ccc(OCc2c(F)cccc2Cl)cc1)c1ccco1. The molecule has 176 valence electrons. The van der Waals surface area contributed by atoms with Crippen LogP contribution in [0.5, 0.6) is 5.75 Å². The number of hydrogen-bond acceptors (Lipinski definition) is 5. The van der Waals surface area contributed by atoms with Gasteiger partial charge >= 0.3 is 0 Å². The Balaban J connectivity index is 1.34. The summed E-state index contributed by atoms with van der Waals surface area (Å²) in [6.45, 7) is -0.00906. The predicted molar refractivity (Wildman–Crippen MR) is 130 cm³/mol. The molecule has 0 saturated heterocycles. The molecule has 0 unspecified atom stereocenters. The van der Waals surface area contributed by atoms with Crippen LogP contribution >= 0.6 is 11.6 Å². The predicted octanol–water partition coefficient (Wildman–Crippen LogP) is 5.67. The van der Waals surface area contributed by atoms with E-state index in [1.807, 2.05) is 0 Å². The first-order valence-corrected chi connectivity index (χ1v) is 10.8. The fourth-order valence-corrected chi connectivity index (χ4v) is 3.30. The molecule has 0 aliphatic carbocycles. The second-order valence-electron chi connectivity index (χ2n) is 7.23. The minimum absolute atomic E-state index is 0.00906. The minimum atomic E-state index is -0.502. The number of ether oxygens (including phenoxy) is 1. The lowest BCUT2D eigenvalue weighted by Gasteiger charge is -2.09. The maximum absolute atomic E-state index is 13.9. The van der Waals surface area contributed by atoms with Crippen LogP contribution in [-0.4, -0.2) is 18.0 Å². The molecule has 4 rings (SSSR count). The van der Waals surface area contributed by atoms with Gasteiger partial charge in [-0.05, 0) is 66.2 Å². The first-order valence-electron chi connectivity index (χ1n) is 10.4. The lowest BCUT2D eigenvalue weighted by atomic mass is 10.1. The summed E-state index contributed by atoms with van der Waals surface area (Å²) in [5.74, 6) is -0.759. The van der Waals surface area contributed by atoms with Gasteiger partial charge in [0.15, 0.2) is 5.76 Å². The molecule has 0 aliphatic heterocycles. The van der Waals surface area contributed by atoms with Crippen LogP contribution in [0.15, 0.2) is 94.6 Å². The quantitative estimate of drug-likeness (QED) is 0.245. The summed E-state index contributed by atoms with van der Waals surface area (Å²) < 4.78 is 24.5. The number of para-hydroxylation sites is 1. The van der Waals surface area contributed by atoms with E-state index in [2.05, 4.69) is 15.8 Å². The van der Waals surface area contributed by atoms with Crippen LogP contribution in [-0.2, 0) is 6.61 Å². The van der Waals surface area contributed by atoms with E-state index in [0.29, 0.717) is 22.0 Å². The van der Waals surface area contributed by atoms with Crippen LogP contribution in [0.2, 0.25) is 5.02 Å². The highest BCUT2D eigenvalue weighted by Gasteiger charge is 2.15. The summed E-state index contributed by atoms with van der Waals surface area (Å²) in [4.78, 5) is 24.8. The molecule has 1 aromatic heterocycles. The van der Waals surface area contributed by atoms with E-state index in [-0.39, 0.29) is 23.5 Å². The van der Waals surface area contributed by atoms with Crippen LogP contribution in [0.1, 0.15) is 32.0 Å². The van der Waals surface area contributed by atoms with Crippen molar-refractivity contribution >= 4 is 35.3 Å². The summed E-state index contributed by atoms with van der Waals surface area (Å²) >= 11 is 6.01. The molecule has 4 aromatic rings. The van der Waals surface area contributed by atoms with Gasteiger partial charge in [0.25, 0.3) is 11.8 Å². The first-order chi connectivity index (χ1) is 17.0. The highest BCUT2D eigenvalue weighted by Crippen LogP contribution is 2.22. The molecular formula is C26H19ClFN3O4. The van der Waals surface area contributed by atoms with E-state index in [4.69, 9.17) is 20.8 Å². The summed E-state index contributed by atoms with van der Waals surface area (Å²) in [6.07, 6.45) is 2.85. The van der Waals surface area contributed by atoms with Gasteiger partial charge in [-0.3, -0.25) is 9.59 Å². The molecule has 0 radical (unpaired) electrons. The standard InChI is InChI=1S/C26H19ClFN3O4/c27-21-6-3-7-22(28)20(21)16-35-18-12-10-17(11-13-18)15-29-31-25(32)19-5-1-2-8-23(19)30-26(33)24-9-4-14-34-24/h1-15H,16H2,(H,30,33)(H,31,32)/b29-15-. The Labute approximate surface area is 205 Å². The van der Waals surface area contributed by atoms with Gasteiger partial charge in [0.05, 0.1) is 28.8 Å². The van der Waals surface area contributed by atoms with Crippen molar-refractivity contribution in [2.75, 3.05) is 5.32 Å². The number of carbonyl (C=O) groups excluding carboxylic acids is 2. The Morgan fingerprint density at radius 1 is 0.971 bits per heavy atom.